The Bertz CT molecular complexity index is 273. The summed E-state index contributed by atoms with van der Waals surface area (Å²) < 4.78 is 5.23. The van der Waals surface area contributed by atoms with Gasteiger partial charge in [-0.1, -0.05) is 25.6 Å². The van der Waals surface area contributed by atoms with Crippen LogP contribution in [0, 0.1) is 12.8 Å². The molecule has 0 aliphatic heterocycles. The minimum Gasteiger partial charge on any atom is -0.440 e. The molecule has 0 spiro atoms. The van der Waals surface area contributed by atoms with Crippen molar-refractivity contribution in [1.82, 2.24) is 10.3 Å². The SMILES string of the molecule is Cc1coc(SCCNCCC(C)C)n1. The van der Waals surface area contributed by atoms with E-state index in [0.717, 1.165) is 35.7 Å². The van der Waals surface area contributed by atoms with E-state index in [1.807, 2.05) is 6.92 Å². The van der Waals surface area contributed by atoms with Gasteiger partial charge in [-0.2, -0.15) is 0 Å². The minimum absolute atomic E-state index is 0.776. The zero-order chi connectivity index (χ0) is 11.1. The summed E-state index contributed by atoms with van der Waals surface area (Å²) in [5, 5.41) is 4.18. The van der Waals surface area contributed by atoms with Gasteiger partial charge >= 0.3 is 0 Å². The number of aromatic nitrogens is 1. The number of nitrogens with one attached hydrogen (secondary N) is 1. The summed E-state index contributed by atoms with van der Waals surface area (Å²) in [7, 11) is 0. The van der Waals surface area contributed by atoms with Gasteiger partial charge in [-0.05, 0) is 25.8 Å². The molecule has 0 saturated heterocycles. The Morgan fingerprint density at radius 1 is 1.47 bits per heavy atom. The van der Waals surface area contributed by atoms with Crippen LogP contribution in [0.1, 0.15) is 26.0 Å². The predicted molar refractivity (Wildman–Crippen MR) is 64.3 cm³/mol. The highest BCUT2D eigenvalue weighted by Crippen LogP contribution is 2.15. The molecule has 0 saturated carbocycles. The van der Waals surface area contributed by atoms with Crippen LogP contribution in [0.4, 0.5) is 0 Å². The van der Waals surface area contributed by atoms with Crippen LogP contribution in [0.5, 0.6) is 0 Å². The molecule has 1 aromatic heterocycles. The van der Waals surface area contributed by atoms with Crippen LogP contribution in [-0.4, -0.2) is 23.8 Å². The van der Waals surface area contributed by atoms with Gasteiger partial charge in [0.05, 0.1) is 5.69 Å². The first-order valence-corrected chi connectivity index (χ1v) is 6.42. The molecule has 0 aliphatic rings. The van der Waals surface area contributed by atoms with Gasteiger partial charge in [0.25, 0.3) is 5.22 Å². The number of nitrogens with zero attached hydrogens (tertiary/aromatic N) is 1. The molecule has 0 amide bonds. The Kier molecular flexibility index (Phi) is 5.79. The Morgan fingerprint density at radius 2 is 2.27 bits per heavy atom. The molecule has 0 bridgehead atoms. The van der Waals surface area contributed by atoms with Crippen LogP contribution in [0.25, 0.3) is 0 Å². The van der Waals surface area contributed by atoms with Gasteiger partial charge in [0.15, 0.2) is 0 Å². The van der Waals surface area contributed by atoms with Crippen LogP contribution in [0.15, 0.2) is 15.9 Å². The van der Waals surface area contributed by atoms with E-state index in [0.29, 0.717) is 0 Å². The van der Waals surface area contributed by atoms with E-state index in [9.17, 15) is 0 Å². The third-order valence-electron chi connectivity index (χ3n) is 2.00. The standard InChI is InChI=1S/C11H20N2OS/c1-9(2)4-5-12-6-7-15-11-13-10(3)8-14-11/h8-9,12H,4-7H2,1-3H3. The molecular formula is C11H20N2OS. The number of rotatable bonds is 7. The summed E-state index contributed by atoms with van der Waals surface area (Å²) in [6.45, 7) is 8.54. The van der Waals surface area contributed by atoms with Crippen molar-refractivity contribution < 1.29 is 4.42 Å². The highest BCUT2D eigenvalue weighted by Gasteiger charge is 2.00. The summed E-state index contributed by atoms with van der Waals surface area (Å²) in [5.74, 6) is 1.79. The first-order valence-electron chi connectivity index (χ1n) is 5.44. The van der Waals surface area contributed by atoms with Crippen molar-refractivity contribution in [3.8, 4) is 0 Å². The monoisotopic (exact) mass is 228 g/mol. The van der Waals surface area contributed by atoms with Gasteiger partial charge in [0.1, 0.15) is 6.26 Å². The van der Waals surface area contributed by atoms with Crippen molar-refractivity contribution in [2.24, 2.45) is 5.92 Å². The molecule has 0 aliphatic carbocycles. The Balaban J connectivity index is 1.98. The average molecular weight is 228 g/mol. The number of hydrogen-bond acceptors (Lipinski definition) is 4. The van der Waals surface area contributed by atoms with Crippen LogP contribution in [-0.2, 0) is 0 Å². The quantitative estimate of drug-likeness (QED) is 0.575. The second kappa shape index (κ2) is 6.90. The molecule has 86 valence electrons. The lowest BCUT2D eigenvalue weighted by Crippen LogP contribution is -2.19. The molecule has 1 rings (SSSR count). The zero-order valence-electron chi connectivity index (χ0n) is 9.75. The summed E-state index contributed by atoms with van der Waals surface area (Å²) in [4.78, 5) is 4.23. The molecular weight excluding hydrogens is 208 g/mol. The van der Waals surface area contributed by atoms with E-state index in [1.54, 1.807) is 18.0 Å². The van der Waals surface area contributed by atoms with Crippen molar-refractivity contribution in [1.29, 1.82) is 0 Å². The van der Waals surface area contributed by atoms with Gasteiger partial charge in [-0.25, -0.2) is 4.98 Å². The third-order valence-corrected chi connectivity index (χ3v) is 2.84. The second-order valence-electron chi connectivity index (χ2n) is 4.04. The number of thioether (sulfide) groups is 1. The smallest absolute Gasteiger partial charge is 0.255 e. The lowest BCUT2D eigenvalue weighted by atomic mass is 10.1. The lowest BCUT2D eigenvalue weighted by Gasteiger charge is -2.05. The van der Waals surface area contributed by atoms with Gasteiger partial charge in [-0.15, -0.1) is 0 Å². The molecule has 0 fully saturated rings. The van der Waals surface area contributed by atoms with E-state index < -0.39 is 0 Å². The van der Waals surface area contributed by atoms with E-state index in [-0.39, 0.29) is 0 Å². The first-order chi connectivity index (χ1) is 7.18. The third kappa shape index (κ3) is 5.85. The zero-order valence-corrected chi connectivity index (χ0v) is 10.6. The second-order valence-corrected chi connectivity index (χ2v) is 5.08. The van der Waals surface area contributed by atoms with Gasteiger partial charge in [-0.3, -0.25) is 0 Å². The number of oxazole rings is 1. The largest absolute Gasteiger partial charge is 0.440 e. The van der Waals surface area contributed by atoms with Crippen molar-refractivity contribution in [2.75, 3.05) is 18.8 Å². The van der Waals surface area contributed by atoms with E-state index in [1.165, 1.54) is 6.42 Å². The summed E-state index contributed by atoms with van der Waals surface area (Å²) in [6.07, 6.45) is 2.93. The molecule has 15 heavy (non-hydrogen) atoms. The van der Waals surface area contributed by atoms with Gasteiger partial charge < -0.3 is 9.73 Å². The van der Waals surface area contributed by atoms with Gasteiger partial charge in [0.2, 0.25) is 0 Å². The molecule has 4 heteroatoms. The molecule has 0 atom stereocenters. The average Bonchev–Trinajstić information content (AvgIpc) is 2.57. The molecule has 0 radical (unpaired) electrons. The van der Waals surface area contributed by atoms with E-state index in [2.05, 4.69) is 24.1 Å². The fourth-order valence-corrected chi connectivity index (χ4v) is 1.87. The van der Waals surface area contributed by atoms with Crippen molar-refractivity contribution in [3.05, 3.63) is 12.0 Å². The van der Waals surface area contributed by atoms with Crippen molar-refractivity contribution in [3.63, 3.8) is 0 Å². The molecule has 0 aromatic carbocycles. The maximum absolute atomic E-state index is 5.23. The Hall–Kier alpha value is -0.480. The van der Waals surface area contributed by atoms with Crippen molar-refractivity contribution in [2.45, 2.75) is 32.4 Å². The molecule has 1 aromatic rings. The molecule has 1 heterocycles. The van der Waals surface area contributed by atoms with E-state index >= 15 is 0 Å². The van der Waals surface area contributed by atoms with Crippen LogP contribution in [0.2, 0.25) is 0 Å². The van der Waals surface area contributed by atoms with E-state index in [4.69, 9.17) is 4.42 Å². The van der Waals surface area contributed by atoms with Crippen molar-refractivity contribution >= 4 is 11.8 Å². The Morgan fingerprint density at radius 3 is 2.87 bits per heavy atom. The molecule has 0 unspecified atom stereocenters. The maximum atomic E-state index is 5.23. The fourth-order valence-electron chi connectivity index (χ4n) is 1.12. The predicted octanol–water partition coefficient (Wildman–Crippen LogP) is 2.71. The van der Waals surface area contributed by atoms with Crippen LogP contribution < -0.4 is 5.32 Å². The summed E-state index contributed by atoms with van der Waals surface area (Å²) >= 11 is 1.66. The highest BCUT2D eigenvalue weighted by atomic mass is 32.2. The van der Waals surface area contributed by atoms with Crippen LogP contribution >= 0.6 is 11.8 Å². The fraction of sp³-hybridized carbons (Fsp3) is 0.727. The maximum Gasteiger partial charge on any atom is 0.255 e. The minimum atomic E-state index is 0.776. The van der Waals surface area contributed by atoms with Gasteiger partial charge in [0, 0.05) is 12.3 Å². The topological polar surface area (TPSA) is 38.1 Å². The Labute approximate surface area is 96.0 Å². The number of aryl methyl sites for hydroxylation is 1. The molecule has 3 nitrogen and oxygen atoms in total. The summed E-state index contributed by atoms with van der Waals surface area (Å²) in [6, 6.07) is 0. The van der Waals surface area contributed by atoms with Crippen LogP contribution in [0.3, 0.4) is 0 Å². The molecule has 1 N–H and O–H groups in total. The normalized spacial score (nSPS) is 11.2. The number of hydrogen-bond donors (Lipinski definition) is 1. The lowest BCUT2D eigenvalue weighted by molar-refractivity contribution is 0.454. The first kappa shape index (κ1) is 12.6. The summed E-state index contributed by atoms with van der Waals surface area (Å²) in [5.41, 5.74) is 0.949. The highest BCUT2D eigenvalue weighted by molar-refractivity contribution is 7.99.